The van der Waals surface area contributed by atoms with Gasteiger partial charge in [0, 0.05) is 43.3 Å². The minimum Gasteiger partial charge on any atom is -0.344 e. The minimum atomic E-state index is -0.0227. The Morgan fingerprint density at radius 2 is 2.00 bits per heavy atom. The van der Waals surface area contributed by atoms with Crippen LogP contribution in [0.1, 0.15) is 29.3 Å². The Bertz CT molecular complexity index is 761. The van der Waals surface area contributed by atoms with Gasteiger partial charge in [0.25, 0.3) is 0 Å². The van der Waals surface area contributed by atoms with E-state index in [1.165, 1.54) is 27.7 Å². The molecule has 1 aromatic heterocycles. The van der Waals surface area contributed by atoms with Crippen molar-refractivity contribution in [3.05, 3.63) is 35.0 Å². The standard InChI is InChI=1S/C18H23N3O/c1-12-4-5-15-14(10-12)13-6-8-19(2)11-17(13)21(15)16-7-9-20(3)18(16)22/h4-5,10,16H,6-9,11H2,1-3H3. The number of rotatable bonds is 1. The summed E-state index contributed by atoms with van der Waals surface area (Å²) in [7, 11) is 4.08. The Kier molecular flexibility index (Phi) is 3.05. The van der Waals surface area contributed by atoms with Crippen molar-refractivity contribution in [2.75, 3.05) is 27.2 Å². The van der Waals surface area contributed by atoms with Crippen LogP contribution in [0.15, 0.2) is 18.2 Å². The van der Waals surface area contributed by atoms with E-state index < -0.39 is 0 Å². The lowest BCUT2D eigenvalue weighted by Crippen LogP contribution is -2.30. The predicted molar refractivity (Wildman–Crippen MR) is 88.0 cm³/mol. The van der Waals surface area contributed by atoms with E-state index in [1.807, 2.05) is 11.9 Å². The molecule has 2 aromatic rings. The first-order valence-corrected chi connectivity index (χ1v) is 8.12. The molecule has 0 bridgehead atoms. The number of hydrogen-bond donors (Lipinski definition) is 0. The largest absolute Gasteiger partial charge is 0.344 e. The summed E-state index contributed by atoms with van der Waals surface area (Å²) in [6.45, 7) is 5.04. The fraction of sp³-hybridized carbons (Fsp3) is 0.500. The van der Waals surface area contributed by atoms with Crippen LogP contribution >= 0.6 is 0 Å². The predicted octanol–water partition coefficient (Wildman–Crippen LogP) is 2.34. The van der Waals surface area contributed by atoms with E-state index in [0.717, 1.165) is 32.5 Å². The molecule has 1 amide bonds. The van der Waals surface area contributed by atoms with Crippen molar-refractivity contribution in [3.8, 4) is 0 Å². The van der Waals surface area contributed by atoms with Crippen LogP contribution in [0.25, 0.3) is 10.9 Å². The molecular formula is C18H23N3O. The molecule has 1 atom stereocenters. The highest BCUT2D eigenvalue weighted by Crippen LogP contribution is 2.36. The zero-order valence-corrected chi connectivity index (χ0v) is 13.6. The first-order valence-electron chi connectivity index (χ1n) is 8.12. The summed E-state index contributed by atoms with van der Waals surface area (Å²) < 4.78 is 2.34. The van der Waals surface area contributed by atoms with Crippen molar-refractivity contribution >= 4 is 16.8 Å². The average Bonchev–Trinajstić information content (AvgIpc) is 2.97. The second-order valence-electron chi connectivity index (χ2n) is 6.87. The van der Waals surface area contributed by atoms with Gasteiger partial charge in [-0.15, -0.1) is 0 Å². The highest BCUT2D eigenvalue weighted by molar-refractivity contribution is 5.90. The van der Waals surface area contributed by atoms with Gasteiger partial charge in [0.1, 0.15) is 6.04 Å². The van der Waals surface area contributed by atoms with Crippen molar-refractivity contribution in [2.24, 2.45) is 0 Å². The number of likely N-dealkylation sites (N-methyl/N-ethyl adjacent to an activating group) is 2. The number of benzene rings is 1. The quantitative estimate of drug-likeness (QED) is 0.808. The fourth-order valence-electron chi connectivity index (χ4n) is 4.04. The number of amides is 1. The molecule has 2 aliphatic rings. The van der Waals surface area contributed by atoms with Gasteiger partial charge in [-0.3, -0.25) is 4.79 Å². The van der Waals surface area contributed by atoms with Crippen molar-refractivity contribution in [1.29, 1.82) is 0 Å². The van der Waals surface area contributed by atoms with Crippen LogP contribution in [0.3, 0.4) is 0 Å². The van der Waals surface area contributed by atoms with Gasteiger partial charge in [-0.25, -0.2) is 0 Å². The SMILES string of the molecule is Cc1ccc2c(c1)c1c(n2C2CCN(C)C2=O)CN(C)CC1. The Morgan fingerprint density at radius 1 is 1.18 bits per heavy atom. The van der Waals surface area contributed by atoms with Gasteiger partial charge in [0.15, 0.2) is 0 Å². The molecule has 116 valence electrons. The maximum Gasteiger partial charge on any atom is 0.245 e. The number of nitrogens with zero attached hydrogens (tertiary/aromatic N) is 3. The minimum absolute atomic E-state index is 0.0227. The van der Waals surface area contributed by atoms with Gasteiger partial charge in [0.2, 0.25) is 5.91 Å². The molecule has 1 saturated heterocycles. The molecule has 1 unspecified atom stereocenters. The lowest BCUT2D eigenvalue weighted by molar-refractivity contribution is -0.129. The summed E-state index contributed by atoms with van der Waals surface area (Å²) >= 11 is 0. The first kappa shape index (κ1) is 13.8. The lowest BCUT2D eigenvalue weighted by Gasteiger charge is -2.26. The Balaban J connectivity index is 1.97. The number of aromatic nitrogens is 1. The fourth-order valence-corrected chi connectivity index (χ4v) is 4.04. The monoisotopic (exact) mass is 297 g/mol. The van der Waals surface area contributed by atoms with E-state index in [1.54, 1.807) is 0 Å². The third kappa shape index (κ3) is 1.90. The zero-order valence-electron chi connectivity index (χ0n) is 13.6. The molecule has 4 rings (SSSR count). The summed E-state index contributed by atoms with van der Waals surface area (Å²) in [6, 6.07) is 6.63. The van der Waals surface area contributed by atoms with E-state index in [4.69, 9.17) is 0 Å². The summed E-state index contributed by atoms with van der Waals surface area (Å²) in [5.41, 5.74) is 5.34. The average molecular weight is 297 g/mol. The Morgan fingerprint density at radius 3 is 2.73 bits per heavy atom. The number of hydrogen-bond acceptors (Lipinski definition) is 2. The number of fused-ring (bicyclic) bond motifs is 3. The molecule has 0 N–H and O–H groups in total. The highest BCUT2D eigenvalue weighted by Gasteiger charge is 2.35. The summed E-state index contributed by atoms with van der Waals surface area (Å²) in [5.74, 6) is 0.258. The normalized spacial score (nSPS) is 22.6. The highest BCUT2D eigenvalue weighted by atomic mass is 16.2. The number of carbonyl (C=O) groups is 1. The molecule has 0 aliphatic carbocycles. The van der Waals surface area contributed by atoms with E-state index in [0.29, 0.717) is 0 Å². The topological polar surface area (TPSA) is 28.5 Å². The summed E-state index contributed by atoms with van der Waals surface area (Å²) in [5, 5.41) is 1.35. The second-order valence-corrected chi connectivity index (χ2v) is 6.87. The maximum atomic E-state index is 12.6. The smallest absolute Gasteiger partial charge is 0.245 e. The van der Waals surface area contributed by atoms with Crippen LogP contribution in [0.5, 0.6) is 0 Å². The van der Waals surface area contributed by atoms with Crippen molar-refractivity contribution in [3.63, 3.8) is 0 Å². The molecule has 1 fully saturated rings. The van der Waals surface area contributed by atoms with Crippen LogP contribution in [0.2, 0.25) is 0 Å². The molecule has 22 heavy (non-hydrogen) atoms. The van der Waals surface area contributed by atoms with Gasteiger partial charge in [-0.05, 0) is 44.5 Å². The second kappa shape index (κ2) is 4.85. The van der Waals surface area contributed by atoms with Crippen molar-refractivity contribution < 1.29 is 4.79 Å². The van der Waals surface area contributed by atoms with E-state index >= 15 is 0 Å². The molecule has 2 aliphatic heterocycles. The number of likely N-dealkylation sites (tertiary alicyclic amines) is 1. The van der Waals surface area contributed by atoms with Crippen LogP contribution < -0.4 is 0 Å². The molecule has 4 heteroatoms. The third-order valence-corrected chi connectivity index (χ3v) is 5.25. The molecule has 1 aromatic carbocycles. The van der Waals surface area contributed by atoms with Gasteiger partial charge in [0.05, 0.1) is 0 Å². The lowest BCUT2D eigenvalue weighted by atomic mass is 10.0. The Hall–Kier alpha value is -1.81. The first-order chi connectivity index (χ1) is 10.6. The summed E-state index contributed by atoms with van der Waals surface area (Å²) in [4.78, 5) is 16.8. The number of aryl methyl sites for hydroxylation is 1. The van der Waals surface area contributed by atoms with E-state index in [9.17, 15) is 4.79 Å². The van der Waals surface area contributed by atoms with Gasteiger partial charge >= 0.3 is 0 Å². The van der Waals surface area contributed by atoms with Gasteiger partial charge in [-0.1, -0.05) is 11.6 Å². The molecule has 0 saturated carbocycles. The van der Waals surface area contributed by atoms with Crippen LogP contribution in [0, 0.1) is 6.92 Å². The van der Waals surface area contributed by atoms with E-state index in [-0.39, 0.29) is 11.9 Å². The van der Waals surface area contributed by atoms with Crippen LogP contribution in [-0.2, 0) is 17.8 Å². The van der Waals surface area contributed by atoms with E-state index in [2.05, 4.69) is 41.6 Å². The van der Waals surface area contributed by atoms with Gasteiger partial charge < -0.3 is 14.4 Å². The van der Waals surface area contributed by atoms with Gasteiger partial charge in [-0.2, -0.15) is 0 Å². The van der Waals surface area contributed by atoms with Crippen molar-refractivity contribution in [1.82, 2.24) is 14.4 Å². The third-order valence-electron chi connectivity index (χ3n) is 5.25. The number of carbonyl (C=O) groups excluding carboxylic acids is 1. The Labute approximate surface area is 131 Å². The molecule has 0 radical (unpaired) electrons. The maximum absolute atomic E-state index is 12.6. The van der Waals surface area contributed by atoms with Crippen molar-refractivity contribution in [2.45, 2.75) is 32.4 Å². The summed E-state index contributed by atoms with van der Waals surface area (Å²) in [6.07, 6.45) is 2.00. The van der Waals surface area contributed by atoms with Crippen LogP contribution in [0.4, 0.5) is 0 Å². The zero-order chi connectivity index (χ0) is 15.4. The molecule has 3 heterocycles. The molecule has 0 spiro atoms. The van der Waals surface area contributed by atoms with Crippen LogP contribution in [-0.4, -0.2) is 47.5 Å². The molecular weight excluding hydrogens is 274 g/mol. The molecule has 4 nitrogen and oxygen atoms in total.